The summed E-state index contributed by atoms with van der Waals surface area (Å²) in [7, 11) is 2.06. The van der Waals surface area contributed by atoms with Gasteiger partial charge in [0.2, 0.25) is 0 Å². The molecular weight excluding hydrogens is 222 g/mol. The zero-order chi connectivity index (χ0) is 12.6. The Morgan fingerprint density at radius 3 is 2.61 bits per heavy atom. The van der Waals surface area contributed by atoms with Gasteiger partial charge >= 0.3 is 0 Å². The van der Waals surface area contributed by atoms with Crippen molar-refractivity contribution in [2.45, 2.75) is 25.7 Å². The van der Waals surface area contributed by atoms with Crippen LogP contribution in [0, 0.1) is 11.8 Å². The molecule has 1 saturated heterocycles. The zero-order valence-electron chi connectivity index (χ0n) is 11.4. The van der Waals surface area contributed by atoms with E-state index in [-0.39, 0.29) is 0 Å². The monoisotopic (exact) mass is 247 g/mol. The molecule has 0 saturated carbocycles. The minimum absolute atomic E-state index is 0.750. The van der Waals surface area contributed by atoms with Gasteiger partial charge in [0.05, 0.1) is 0 Å². The Kier molecular flexibility index (Phi) is 5.69. The second-order valence-corrected chi connectivity index (χ2v) is 5.40. The molecule has 0 aromatic heterocycles. The van der Waals surface area contributed by atoms with Gasteiger partial charge in [0.1, 0.15) is 0 Å². The first kappa shape index (κ1) is 13.6. The van der Waals surface area contributed by atoms with Gasteiger partial charge in [0.25, 0.3) is 0 Å². The largest absolute Gasteiger partial charge is 0.381 e. The fourth-order valence-electron chi connectivity index (χ4n) is 2.93. The average Bonchev–Trinajstić information content (AvgIpc) is 2.41. The molecule has 1 atom stereocenters. The first-order valence-corrected chi connectivity index (χ1v) is 7.14. The highest BCUT2D eigenvalue weighted by Crippen LogP contribution is 2.24. The molecule has 1 fully saturated rings. The molecule has 1 aromatic rings. The van der Waals surface area contributed by atoms with E-state index in [4.69, 9.17) is 4.74 Å². The van der Waals surface area contributed by atoms with Gasteiger partial charge in [0.15, 0.2) is 0 Å². The topological polar surface area (TPSA) is 21.3 Å². The van der Waals surface area contributed by atoms with Gasteiger partial charge in [-0.1, -0.05) is 30.3 Å². The van der Waals surface area contributed by atoms with Crippen molar-refractivity contribution in [3.63, 3.8) is 0 Å². The third-order valence-electron chi connectivity index (χ3n) is 3.87. The third kappa shape index (κ3) is 4.43. The summed E-state index contributed by atoms with van der Waals surface area (Å²) < 4.78 is 5.44. The van der Waals surface area contributed by atoms with Crippen molar-refractivity contribution in [2.24, 2.45) is 11.8 Å². The summed E-state index contributed by atoms with van der Waals surface area (Å²) in [6.07, 6.45) is 5.02. The fraction of sp³-hybridized carbons (Fsp3) is 0.625. The first-order valence-electron chi connectivity index (χ1n) is 7.14. The summed E-state index contributed by atoms with van der Waals surface area (Å²) in [6, 6.07) is 10.9. The van der Waals surface area contributed by atoms with E-state index in [0.29, 0.717) is 0 Å². The van der Waals surface area contributed by atoms with Crippen LogP contribution in [0.5, 0.6) is 0 Å². The van der Waals surface area contributed by atoms with Crippen molar-refractivity contribution >= 4 is 0 Å². The van der Waals surface area contributed by atoms with E-state index >= 15 is 0 Å². The third-order valence-corrected chi connectivity index (χ3v) is 3.87. The summed E-state index contributed by atoms with van der Waals surface area (Å²) in [5.74, 6) is 1.61. The standard InChI is InChI=1S/C16H25NO/c1-17-13-16(11-14-5-3-2-4-6-14)12-15-7-9-18-10-8-15/h2-6,15-17H,7-13H2,1H3. The number of benzene rings is 1. The van der Waals surface area contributed by atoms with Crippen LogP contribution in [-0.2, 0) is 11.2 Å². The molecule has 2 nitrogen and oxygen atoms in total. The van der Waals surface area contributed by atoms with Crippen LogP contribution in [0.3, 0.4) is 0 Å². The SMILES string of the molecule is CNCC(Cc1ccccc1)CC1CCOCC1. The molecule has 1 unspecified atom stereocenters. The van der Waals surface area contributed by atoms with Crippen LogP contribution in [-0.4, -0.2) is 26.8 Å². The number of ether oxygens (including phenoxy) is 1. The highest BCUT2D eigenvalue weighted by Gasteiger charge is 2.19. The van der Waals surface area contributed by atoms with Crippen LogP contribution in [0.4, 0.5) is 0 Å². The van der Waals surface area contributed by atoms with E-state index in [1.807, 2.05) is 0 Å². The van der Waals surface area contributed by atoms with Gasteiger partial charge in [0, 0.05) is 13.2 Å². The molecule has 0 bridgehead atoms. The molecule has 1 aliphatic rings. The molecular formula is C16H25NO. The molecule has 2 rings (SSSR count). The van der Waals surface area contributed by atoms with Crippen molar-refractivity contribution in [2.75, 3.05) is 26.8 Å². The maximum Gasteiger partial charge on any atom is 0.0468 e. The second kappa shape index (κ2) is 7.55. The van der Waals surface area contributed by atoms with Gasteiger partial charge in [-0.2, -0.15) is 0 Å². The van der Waals surface area contributed by atoms with E-state index in [1.165, 1.54) is 31.2 Å². The molecule has 100 valence electrons. The lowest BCUT2D eigenvalue weighted by Crippen LogP contribution is -2.26. The summed E-state index contributed by atoms with van der Waals surface area (Å²) in [4.78, 5) is 0. The predicted octanol–water partition coefficient (Wildman–Crippen LogP) is 2.88. The van der Waals surface area contributed by atoms with Crippen molar-refractivity contribution in [1.29, 1.82) is 0 Å². The Hall–Kier alpha value is -0.860. The summed E-state index contributed by atoms with van der Waals surface area (Å²) >= 11 is 0. The average molecular weight is 247 g/mol. The summed E-state index contributed by atoms with van der Waals surface area (Å²) in [5.41, 5.74) is 1.46. The van der Waals surface area contributed by atoms with Gasteiger partial charge in [-0.25, -0.2) is 0 Å². The van der Waals surface area contributed by atoms with Gasteiger partial charge < -0.3 is 10.1 Å². The van der Waals surface area contributed by atoms with E-state index < -0.39 is 0 Å². The normalized spacial score (nSPS) is 18.7. The van der Waals surface area contributed by atoms with Crippen LogP contribution >= 0.6 is 0 Å². The molecule has 0 radical (unpaired) electrons. The Labute approximate surface area is 111 Å². The van der Waals surface area contributed by atoms with E-state index in [9.17, 15) is 0 Å². The molecule has 1 heterocycles. The number of hydrogen-bond donors (Lipinski definition) is 1. The Morgan fingerprint density at radius 2 is 1.94 bits per heavy atom. The molecule has 1 aromatic carbocycles. The molecule has 1 aliphatic heterocycles. The highest BCUT2D eigenvalue weighted by atomic mass is 16.5. The smallest absolute Gasteiger partial charge is 0.0468 e. The minimum atomic E-state index is 0.750. The fourth-order valence-corrected chi connectivity index (χ4v) is 2.93. The lowest BCUT2D eigenvalue weighted by Gasteiger charge is -2.26. The second-order valence-electron chi connectivity index (χ2n) is 5.40. The quantitative estimate of drug-likeness (QED) is 0.834. The van der Waals surface area contributed by atoms with E-state index in [2.05, 4.69) is 42.7 Å². The Balaban J connectivity index is 1.86. The van der Waals surface area contributed by atoms with Crippen molar-refractivity contribution in [3.05, 3.63) is 35.9 Å². The first-order chi connectivity index (χ1) is 8.88. The van der Waals surface area contributed by atoms with E-state index in [0.717, 1.165) is 31.6 Å². The van der Waals surface area contributed by atoms with Gasteiger partial charge in [-0.05, 0) is 56.7 Å². The zero-order valence-corrected chi connectivity index (χ0v) is 11.4. The van der Waals surface area contributed by atoms with Gasteiger partial charge in [-0.3, -0.25) is 0 Å². The molecule has 2 heteroatoms. The lowest BCUT2D eigenvalue weighted by molar-refractivity contribution is 0.0586. The number of rotatable bonds is 6. The van der Waals surface area contributed by atoms with Crippen LogP contribution in [0.25, 0.3) is 0 Å². The van der Waals surface area contributed by atoms with Crippen LogP contribution in [0.15, 0.2) is 30.3 Å². The predicted molar refractivity (Wildman–Crippen MR) is 75.7 cm³/mol. The van der Waals surface area contributed by atoms with Gasteiger partial charge in [-0.15, -0.1) is 0 Å². The Morgan fingerprint density at radius 1 is 1.22 bits per heavy atom. The number of hydrogen-bond acceptors (Lipinski definition) is 2. The molecule has 0 spiro atoms. The van der Waals surface area contributed by atoms with Crippen molar-refractivity contribution in [3.8, 4) is 0 Å². The van der Waals surface area contributed by atoms with E-state index in [1.54, 1.807) is 0 Å². The van der Waals surface area contributed by atoms with Crippen molar-refractivity contribution in [1.82, 2.24) is 5.32 Å². The molecule has 1 N–H and O–H groups in total. The summed E-state index contributed by atoms with van der Waals surface area (Å²) in [6.45, 7) is 3.04. The lowest BCUT2D eigenvalue weighted by atomic mass is 9.85. The molecule has 0 aliphatic carbocycles. The molecule has 0 amide bonds. The summed E-state index contributed by atoms with van der Waals surface area (Å²) in [5, 5.41) is 3.35. The molecule has 18 heavy (non-hydrogen) atoms. The van der Waals surface area contributed by atoms with Crippen LogP contribution < -0.4 is 5.32 Å². The van der Waals surface area contributed by atoms with Crippen LogP contribution in [0.2, 0.25) is 0 Å². The highest BCUT2D eigenvalue weighted by molar-refractivity contribution is 5.15. The Bertz CT molecular complexity index is 319. The maximum atomic E-state index is 5.44. The number of nitrogens with one attached hydrogen (secondary N) is 1. The minimum Gasteiger partial charge on any atom is -0.381 e. The van der Waals surface area contributed by atoms with Crippen molar-refractivity contribution < 1.29 is 4.74 Å². The maximum absolute atomic E-state index is 5.44. The van der Waals surface area contributed by atoms with Crippen LogP contribution in [0.1, 0.15) is 24.8 Å².